The van der Waals surface area contributed by atoms with Crippen LogP contribution in [0.1, 0.15) is 30.9 Å². The monoisotopic (exact) mass is 439 g/mol. The second kappa shape index (κ2) is 11.4. The van der Waals surface area contributed by atoms with E-state index in [9.17, 15) is 18.8 Å². The van der Waals surface area contributed by atoms with Crippen molar-refractivity contribution in [2.24, 2.45) is 5.92 Å². The summed E-state index contributed by atoms with van der Waals surface area (Å²) in [4.78, 5) is 41.5. The van der Waals surface area contributed by atoms with Gasteiger partial charge in [-0.05, 0) is 43.0 Å². The summed E-state index contributed by atoms with van der Waals surface area (Å²) in [5.41, 5.74) is 1.74. The molecule has 0 aliphatic carbocycles. The summed E-state index contributed by atoms with van der Waals surface area (Å²) in [5.74, 6) is -0.965. The summed E-state index contributed by atoms with van der Waals surface area (Å²) < 4.78 is 13.0. The van der Waals surface area contributed by atoms with Gasteiger partial charge < -0.3 is 15.1 Å². The number of amides is 3. The standard InChI is InChI=1S/C25H30FN3O3/c1-2-28(18-23(30)27-16-20-10-12-22(26)13-11-20)25(32)21-9-6-14-29(17-21)24(31)15-19-7-4-3-5-8-19/h3-5,7-8,10-13,21H,2,6,9,14-18H2,1H3,(H,27,30). The third-order valence-corrected chi connectivity index (χ3v) is 5.75. The highest BCUT2D eigenvalue weighted by atomic mass is 19.1. The molecule has 0 aromatic heterocycles. The Balaban J connectivity index is 1.51. The summed E-state index contributed by atoms with van der Waals surface area (Å²) in [7, 11) is 0. The largest absolute Gasteiger partial charge is 0.350 e. The molecule has 1 aliphatic rings. The minimum absolute atomic E-state index is 0.0220. The highest BCUT2D eigenvalue weighted by molar-refractivity contribution is 5.87. The van der Waals surface area contributed by atoms with Crippen LogP contribution in [0.5, 0.6) is 0 Å². The highest BCUT2D eigenvalue weighted by Crippen LogP contribution is 2.20. The zero-order chi connectivity index (χ0) is 22.9. The number of benzene rings is 2. The molecule has 2 aromatic carbocycles. The Morgan fingerprint density at radius 2 is 1.78 bits per heavy atom. The van der Waals surface area contributed by atoms with Gasteiger partial charge >= 0.3 is 0 Å². The van der Waals surface area contributed by atoms with Crippen LogP contribution in [0.25, 0.3) is 0 Å². The van der Waals surface area contributed by atoms with Gasteiger partial charge in [0.1, 0.15) is 5.82 Å². The molecule has 1 saturated heterocycles. The third-order valence-electron chi connectivity index (χ3n) is 5.75. The van der Waals surface area contributed by atoms with E-state index in [1.54, 1.807) is 17.0 Å². The fraction of sp³-hybridized carbons (Fsp3) is 0.400. The normalized spacial score (nSPS) is 15.8. The van der Waals surface area contributed by atoms with E-state index in [2.05, 4.69) is 5.32 Å². The van der Waals surface area contributed by atoms with Crippen LogP contribution < -0.4 is 5.32 Å². The van der Waals surface area contributed by atoms with Crippen molar-refractivity contribution in [3.05, 3.63) is 71.5 Å². The third kappa shape index (κ3) is 6.64. The fourth-order valence-electron chi connectivity index (χ4n) is 3.92. The van der Waals surface area contributed by atoms with E-state index in [0.29, 0.717) is 32.5 Å². The number of likely N-dealkylation sites (N-methyl/N-ethyl adjacent to an activating group) is 1. The van der Waals surface area contributed by atoms with Gasteiger partial charge in [-0.1, -0.05) is 42.5 Å². The number of hydrogen-bond acceptors (Lipinski definition) is 3. The predicted octanol–water partition coefficient (Wildman–Crippen LogP) is 2.77. The first kappa shape index (κ1) is 23.4. The van der Waals surface area contributed by atoms with Gasteiger partial charge in [-0.2, -0.15) is 0 Å². The Kier molecular flexibility index (Phi) is 8.36. The van der Waals surface area contributed by atoms with E-state index in [-0.39, 0.29) is 42.5 Å². The van der Waals surface area contributed by atoms with Gasteiger partial charge in [0.2, 0.25) is 17.7 Å². The van der Waals surface area contributed by atoms with Crippen molar-refractivity contribution < 1.29 is 18.8 Å². The molecule has 1 aliphatic heterocycles. The van der Waals surface area contributed by atoms with Gasteiger partial charge in [0, 0.05) is 26.2 Å². The van der Waals surface area contributed by atoms with Crippen molar-refractivity contribution in [1.82, 2.24) is 15.1 Å². The number of piperidine rings is 1. The number of likely N-dealkylation sites (tertiary alicyclic amines) is 1. The summed E-state index contributed by atoms with van der Waals surface area (Å²) >= 11 is 0. The molecule has 7 heteroatoms. The van der Waals surface area contributed by atoms with E-state index in [4.69, 9.17) is 0 Å². The molecule has 32 heavy (non-hydrogen) atoms. The van der Waals surface area contributed by atoms with Crippen molar-refractivity contribution in [2.75, 3.05) is 26.2 Å². The SMILES string of the molecule is CCN(CC(=O)NCc1ccc(F)cc1)C(=O)C1CCCN(C(=O)Cc2ccccc2)C1. The van der Waals surface area contributed by atoms with Crippen LogP contribution in [0.15, 0.2) is 54.6 Å². The van der Waals surface area contributed by atoms with Crippen molar-refractivity contribution in [2.45, 2.75) is 32.7 Å². The first-order chi connectivity index (χ1) is 15.5. The average molecular weight is 440 g/mol. The molecule has 1 heterocycles. The van der Waals surface area contributed by atoms with E-state index < -0.39 is 0 Å². The zero-order valence-corrected chi connectivity index (χ0v) is 18.4. The molecule has 2 aromatic rings. The Morgan fingerprint density at radius 3 is 2.47 bits per heavy atom. The van der Waals surface area contributed by atoms with Crippen molar-refractivity contribution in [3.63, 3.8) is 0 Å². The first-order valence-electron chi connectivity index (χ1n) is 11.1. The van der Waals surface area contributed by atoms with Crippen LogP contribution in [0.2, 0.25) is 0 Å². The Morgan fingerprint density at radius 1 is 1.06 bits per heavy atom. The lowest BCUT2D eigenvalue weighted by atomic mass is 9.95. The van der Waals surface area contributed by atoms with E-state index in [1.807, 2.05) is 37.3 Å². The number of carbonyl (C=O) groups is 3. The molecule has 1 N–H and O–H groups in total. The van der Waals surface area contributed by atoms with Gasteiger partial charge in [-0.15, -0.1) is 0 Å². The van der Waals surface area contributed by atoms with Gasteiger partial charge in [-0.3, -0.25) is 14.4 Å². The number of halogens is 1. The number of rotatable bonds is 8. The number of hydrogen-bond donors (Lipinski definition) is 1. The van der Waals surface area contributed by atoms with Crippen molar-refractivity contribution in [3.8, 4) is 0 Å². The number of nitrogens with zero attached hydrogens (tertiary/aromatic N) is 2. The zero-order valence-electron chi connectivity index (χ0n) is 18.4. The lowest BCUT2D eigenvalue weighted by Gasteiger charge is -2.34. The molecular formula is C25H30FN3O3. The lowest BCUT2D eigenvalue weighted by Crippen LogP contribution is -2.49. The average Bonchev–Trinajstić information content (AvgIpc) is 2.82. The molecule has 170 valence electrons. The van der Waals surface area contributed by atoms with Crippen molar-refractivity contribution >= 4 is 17.7 Å². The highest BCUT2D eigenvalue weighted by Gasteiger charge is 2.31. The second-order valence-electron chi connectivity index (χ2n) is 8.10. The molecule has 0 radical (unpaired) electrons. The second-order valence-corrected chi connectivity index (χ2v) is 8.10. The minimum atomic E-state index is -0.327. The molecule has 0 saturated carbocycles. The van der Waals surface area contributed by atoms with E-state index in [0.717, 1.165) is 17.5 Å². The molecule has 0 bridgehead atoms. The molecule has 3 amide bonds. The Bertz CT molecular complexity index is 918. The maximum atomic E-state index is 13.1. The minimum Gasteiger partial charge on any atom is -0.350 e. The van der Waals surface area contributed by atoms with Gasteiger partial charge in [0.05, 0.1) is 18.9 Å². The quantitative estimate of drug-likeness (QED) is 0.688. The Hall–Kier alpha value is -3.22. The van der Waals surface area contributed by atoms with Crippen LogP contribution in [-0.4, -0.2) is 53.7 Å². The first-order valence-corrected chi connectivity index (χ1v) is 11.1. The molecule has 1 atom stereocenters. The molecule has 1 unspecified atom stereocenters. The van der Waals surface area contributed by atoms with Gasteiger partial charge in [0.15, 0.2) is 0 Å². The lowest BCUT2D eigenvalue weighted by molar-refractivity contribution is -0.143. The molecule has 3 rings (SSSR count). The van der Waals surface area contributed by atoms with E-state index in [1.165, 1.54) is 17.0 Å². The topological polar surface area (TPSA) is 69.7 Å². The maximum Gasteiger partial charge on any atom is 0.239 e. The van der Waals surface area contributed by atoms with Crippen molar-refractivity contribution in [1.29, 1.82) is 0 Å². The van der Waals surface area contributed by atoms with Gasteiger partial charge in [-0.25, -0.2) is 4.39 Å². The summed E-state index contributed by atoms with van der Waals surface area (Å²) in [6.45, 7) is 3.53. The number of nitrogens with one attached hydrogen (secondary N) is 1. The molecule has 0 spiro atoms. The predicted molar refractivity (Wildman–Crippen MR) is 120 cm³/mol. The summed E-state index contributed by atoms with van der Waals surface area (Å²) in [6, 6.07) is 15.5. The Labute approximate surface area is 188 Å². The number of carbonyl (C=O) groups excluding carboxylic acids is 3. The molecular weight excluding hydrogens is 409 g/mol. The van der Waals surface area contributed by atoms with Crippen LogP contribution in [0, 0.1) is 11.7 Å². The van der Waals surface area contributed by atoms with Crippen LogP contribution in [0.3, 0.4) is 0 Å². The molecule has 6 nitrogen and oxygen atoms in total. The van der Waals surface area contributed by atoms with Crippen LogP contribution in [-0.2, 0) is 27.3 Å². The van der Waals surface area contributed by atoms with Crippen LogP contribution >= 0.6 is 0 Å². The van der Waals surface area contributed by atoms with Gasteiger partial charge in [0.25, 0.3) is 0 Å². The molecule has 1 fully saturated rings. The van der Waals surface area contributed by atoms with Crippen LogP contribution in [0.4, 0.5) is 4.39 Å². The smallest absolute Gasteiger partial charge is 0.239 e. The van der Waals surface area contributed by atoms with E-state index >= 15 is 0 Å². The summed E-state index contributed by atoms with van der Waals surface area (Å²) in [5, 5.41) is 2.78. The summed E-state index contributed by atoms with van der Waals surface area (Å²) in [6.07, 6.45) is 1.80. The maximum absolute atomic E-state index is 13.1. The fourth-order valence-corrected chi connectivity index (χ4v) is 3.92.